The molecule has 1 heterocycles. The van der Waals surface area contributed by atoms with Crippen LogP contribution in [0.15, 0.2) is 30.4 Å². The zero-order valence-corrected chi connectivity index (χ0v) is 13.6. The highest BCUT2D eigenvalue weighted by molar-refractivity contribution is 6.42. The zero-order chi connectivity index (χ0) is 16.6. The van der Waals surface area contributed by atoms with Gasteiger partial charge in [-0.15, -0.1) is 0 Å². The molecule has 120 valence electrons. The van der Waals surface area contributed by atoms with Gasteiger partial charge in [-0.2, -0.15) is 0 Å². The fraction of sp³-hybridized carbons (Fsp3) is 0.312. The van der Waals surface area contributed by atoms with Gasteiger partial charge in [0.2, 0.25) is 17.7 Å². The molecule has 0 aromatic heterocycles. The van der Waals surface area contributed by atoms with Crippen LogP contribution in [0.3, 0.4) is 0 Å². The van der Waals surface area contributed by atoms with Crippen LogP contribution in [0.2, 0.25) is 10.0 Å². The predicted octanol–water partition coefficient (Wildman–Crippen LogP) is 2.88. The Morgan fingerprint density at radius 2 is 1.70 bits per heavy atom. The van der Waals surface area contributed by atoms with Crippen molar-refractivity contribution in [1.82, 2.24) is 4.90 Å². The maximum Gasteiger partial charge on any atom is 0.244 e. The van der Waals surface area contributed by atoms with Gasteiger partial charge in [-0.3, -0.25) is 19.3 Å². The number of fused-ring (bicyclic) bond motifs is 1. The summed E-state index contributed by atoms with van der Waals surface area (Å²) >= 11 is 11.7. The normalized spacial score (nSPS) is 23.1. The molecular formula is C16H14Cl2N2O3. The summed E-state index contributed by atoms with van der Waals surface area (Å²) in [6.07, 6.45) is 4.93. The third-order valence-corrected chi connectivity index (χ3v) is 4.84. The van der Waals surface area contributed by atoms with Gasteiger partial charge in [-0.25, -0.2) is 0 Å². The number of carbonyl (C=O) groups is 3. The van der Waals surface area contributed by atoms with Crippen LogP contribution in [-0.4, -0.2) is 29.2 Å². The first-order chi connectivity index (χ1) is 11.0. The van der Waals surface area contributed by atoms with Crippen LogP contribution < -0.4 is 5.32 Å². The number of rotatable bonds is 3. The van der Waals surface area contributed by atoms with Crippen LogP contribution in [-0.2, 0) is 14.4 Å². The Morgan fingerprint density at radius 1 is 1.09 bits per heavy atom. The molecule has 23 heavy (non-hydrogen) atoms. The average Bonchev–Trinajstić information content (AvgIpc) is 2.76. The lowest BCUT2D eigenvalue weighted by Gasteiger charge is -2.14. The van der Waals surface area contributed by atoms with Crippen LogP contribution in [0.1, 0.15) is 12.8 Å². The number of nitrogens with zero attached hydrogens (tertiary/aromatic N) is 1. The first-order valence-corrected chi connectivity index (χ1v) is 7.98. The van der Waals surface area contributed by atoms with E-state index >= 15 is 0 Å². The Hall–Kier alpha value is -1.85. The molecular weight excluding hydrogens is 339 g/mol. The van der Waals surface area contributed by atoms with Gasteiger partial charge in [-0.05, 0) is 31.0 Å². The predicted molar refractivity (Wildman–Crippen MR) is 87.2 cm³/mol. The van der Waals surface area contributed by atoms with Crippen molar-refractivity contribution in [2.24, 2.45) is 11.8 Å². The van der Waals surface area contributed by atoms with E-state index in [1.807, 2.05) is 12.2 Å². The highest BCUT2D eigenvalue weighted by Gasteiger charge is 2.47. The molecule has 0 saturated carbocycles. The fourth-order valence-electron chi connectivity index (χ4n) is 2.94. The van der Waals surface area contributed by atoms with Crippen LogP contribution in [0.25, 0.3) is 0 Å². The van der Waals surface area contributed by atoms with E-state index < -0.39 is 5.91 Å². The number of allylic oxidation sites excluding steroid dienone is 2. The Labute approximate surface area is 143 Å². The number of likely N-dealkylation sites (tertiary alicyclic amines) is 1. The molecule has 2 atom stereocenters. The number of amides is 3. The topological polar surface area (TPSA) is 66.5 Å². The van der Waals surface area contributed by atoms with Crippen LogP contribution in [0.4, 0.5) is 5.69 Å². The Bertz CT molecular complexity index is 691. The molecule has 1 aromatic rings. The molecule has 3 rings (SSSR count). The lowest BCUT2D eigenvalue weighted by atomic mass is 9.85. The fourth-order valence-corrected chi connectivity index (χ4v) is 3.24. The second-order valence-corrected chi connectivity index (χ2v) is 6.41. The van der Waals surface area contributed by atoms with E-state index in [2.05, 4.69) is 5.32 Å². The summed E-state index contributed by atoms with van der Waals surface area (Å²) in [4.78, 5) is 37.7. The van der Waals surface area contributed by atoms with Crippen LogP contribution in [0, 0.1) is 11.8 Å². The van der Waals surface area contributed by atoms with E-state index in [4.69, 9.17) is 23.2 Å². The number of halogens is 2. The van der Waals surface area contributed by atoms with E-state index in [0.29, 0.717) is 28.6 Å². The molecule has 3 amide bonds. The number of hydrogen-bond acceptors (Lipinski definition) is 3. The highest BCUT2D eigenvalue weighted by Crippen LogP contribution is 2.34. The average molecular weight is 353 g/mol. The largest absolute Gasteiger partial charge is 0.324 e. The van der Waals surface area contributed by atoms with Gasteiger partial charge < -0.3 is 5.32 Å². The van der Waals surface area contributed by atoms with E-state index in [1.54, 1.807) is 12.1 Å². The molecule has 7 heteroatoms. The summed E-state index contributed by atoms with van der Waals surface area (Å²) < 4.78 is 0. The number of hydrogen-bond donors (Lipinski definition) is 1. The second-order valence-electron chi connectivity index (χ2n) is 5.60. The molecule has 1 saturated heterocycles. The zero-order valence-electron chi connectivity index (χ0n) is 12.1. The molecule has 5 nitrogen and oxygen atoms in total. The number of nitrogens with one attached hydrogen (secondary N) is 1. The lowest BCUT2D eigenvalue weighted by Crippen LogP contribution is -2.38. The van der Waals surface area contributed by atoms with E-state index in [1.165, 1.54) is 6.07 Å². The van der Waals surface area contributed by atoms with E-state index in [9.17, 15) is 14.4 Å². The second kappa shape index (κ2) is 6.34. The highest BCUT2D eigenvalue weighted by atomic mass is 35.5. The molecule has 0 unspecified atom stereocenters. The van der Waals surface area contributed by atoms with Gasteiger partial charge in [0.15, 0.2) is 0 Å². The summed E-state index contributed by atoms with van der Waals surface area (Å²) in [7, 11) is 0. The lowest BCUT2D eigenvalue weighted by molar-refractivity contribution is -0.142. The Balaban J connectivity index is 1.67. The standard InChI is InChI=1S/C16H14Cl2N2O3/c17-12-6-5-9(7-13(12)18)19-14(21)8-20-15(22)10-3-1-2-4-11(10)16(20)23/h1-2,5-7,10-11H,3-4,8H2,(H,19,21)/t10-,11-/m1/s1. The van der Waals surface area contributed by atoms with Gasteiger partial charge in [0, 0.05) is 5.69 Å². The monoisotopic (exact) mass is 352 g/mol. The van der Waals surface area contributed by atoms with Crippen molar-refractivity contribution in [3.63, 3.8) is 0 Å². The van der Waals surface area contributed by atoms with Crippen molar-refractivity contribution in [3.8, 4) is 0 Å². The summed E-state index contributed by atoms with van der Waals surface area (Å²) in [5.74, 6) is -1.64. The van der Waals surface area contributed by atoms with Crippen molar-refractivity contribution in [1.29, 1.82) is 0 Å². The number of carbonyl (C=O) groups excluding carboxylic acids is 3. The summed E-state index contributed by atoms with van der Waals surface area (Å²) in [6.45, 7) is -0.287. The minimum Gasteiger partial charge on any atom is -0.324 e. The van der Waals surface area contributed by atoms with Crippen molar-refractivity contribution >= 4 is 46.6 Å². The molecule has 2 aliphatic rings. The number of imide groups is 1. The third kappa shape index (κ3) is 3.12. The first-order valence-electron chi connectivity index (χ1n) is 7.22. The van der Waals surface area contributed by atoms with Crippen molar-refractivity contribution < 1.29 is 14.4 Å². The Kier molecular flexibility index (Phi) is 4.41. The maximum atomic E-state index is 12.3. The number of anilines is 1. The van der Waals surface area contributed by atoms with Gasteiger partial charge in [0.1, 0.15) is 6.54 Å². The van der Waals surface area contributed by atoms with Crippen molar-refractivity contribution in [2.75, 3.05) is 11.9 Å². The quantitative estimate of drug-likeness (QED) is 0.671. The molecule has 1 fully saturated rings. The SMILES string of the molecule is O=C(CN1C(=O)[C@@H]2CC=CC[C@H]2C1=O)Nc1ccc(Cl)c(Cl)c1. The molecule has 1 aromatic carbocycles. The summed E-state index contributed by atoms with van der Waals surface area (Å²) in [6, 6.07) is 4.68. The third-order valence-electron chi connectivity index (χ3n) is 4.10. The molecule has 1 aliphatic carbocycles. The minimum atomic E-state index is -0.448. The summed E-state index contributed by atoms with van der Waals surface area (Å²) in [5, 5.41) is 3.31. The minimum absolute atomic E-state index is 0.270. The molecule has 0 spiro atoms. The smallest absolute Gasteiger partial charge is 0.244 e. The van der Waals surface area contributed by atoms with Crippen LogP contribution in [0.5, 0.6) is 0 Å². The van der Waals surface area contributed by atoms with Crippen molar-refractivity contribution in [2.45, 2.75) is 12.8 Å². The van der Waals surface area contributed by atoms with E-state index in [-0.39, 0.29) is 30.2 Å². The molecule has 1 N–H and O–H groups in total. The van der Waals surface area contributed by atoms with Gasteiger partial charge in [0.05, 0.1) is 21.9 Å². The van der Waals surface area contributed by atoms with Crippen molar-refractivity contribution in [3.05, 3.63) is 40.4 Å². The molecule has 0 radical (unpaired) electrons. The van der Waals surface area contributed by atoms with E-state index in [0.717, 1.165) is 4.90 Å². The molecule has 0 bridgehead atoms. The molecule has 1 aliphatic heterocycles. The number of benzene rings is 1. The van der Waals surface area contributed by atoms with Gasteiger partial charge in [0.25, 0.3) is 0 Å². The summed E-state index contributed by atoms with van der Waals surface area (Å²) in [5.41, 5.74) is 0.461. The van der Waals surface area contributed by atoms with Gasteiger partial charge >= 0.3 is 0 Å². The first kappa shape index (κ1) is 16.0. The Morgan fingerprint density at radius 3 is 2.26 bits per heavy atom. The van der Waals surface area contributed by atoms with Gasteiger partial charge in [-0.1, -0.05) is 35.4 Å². The maximum absolute atomic E-state index is 12.3. The van der Waals surface area contributed by atoms with Crippen LogP contribution >= 0.6 is 23.2 Å².